The minimum atomic E-state index is -0.825. The fourth-order valence-electron chi connectivity index (χ4n) is 2.52. The predicted molar refractivity (Wildman–Crippen MR) is 88.4 cm³/mol. The molecular formula is C17H26N2O4. The number of ether oxygens (including phenoxy) is 1. The highest BCUT2D eigenvalue weighted by molar-refractivity contribution is 5.65. The summed E-state index contributed by atoms with van der Waals surface area (Å²) < 4.78 is 3.86. The number of hydrogen-bond acceptors (Lipinski definition) is 4. The summed E-state index contributed by atoms with van der Waals surface area (Å²) in [6.07, 6.45) is 2.76. The summed E-state index contributed by atoms with van der Waals surface area (Å²) >= 11 is 0. The number of nitrogens with zero attached hydrogens (tertiary/aromatic N) is 1. The Morgan fingerprint density at radius 2 is 2.04 bits per heavy atom. The molecule has 1 atom stereocenters. The van der Waals surface area contributed by atoms with E-state index in [0.717, 1.165) is 18.0 Å². The van der Waals surface area contributed by atoms with Gasteiger partial charge in [0.1, 0.15) is 0 Å². The number of carboxylic acid groups (broad SMARTS) is 1. The standard InChI is InChI=1S/C10H11NO2.C5H11N.C2H4O2/c12-10(13)11-6-5-8-3-1-2-4-9(8)7-11;1-5-3-2-4-6-5;1-4-2-3/h1-4H,5-7H2,(H,12,13);5-6H,2-4H2,1H3;2H,1H3. The van der Waals surface area contributed by atoms with Crippen molar-refractivity contribution >= 4 is 12.6 Å². The lowest BCUT2D eigenvalue weighted by atomic mass is 10.0. The summed E-state index contributed by atoms with van der Waals surface area (Å²) in [5, 5.41) is 12.1. The van der Waals surface area contributed by atoms with Crippen molar-refractivity contribution < 1.29 is 19.4 Å². The molecule has 1 aromatic carbocycles. The van der Waals surface area contributed by atoms with Gasteiger partial charge in [-0.3, -0.25) is 4.79 Å². The first kappa shape index (κ1) is 19.0. The predicted octanol–water partition coefficient (Wildman–Crippen LogP) is 2.27. The molecule has 0 aliphatic carbocycles. The van der Waals surface area contributed by atoms with Crippen molar-refractivity contribution in [1.29, 1.82) is 0 Å². The number of rotatable bonds is 1. The van der Waals surface area contributed by atoms with Crippen molar-refractivity contribution in [2.75, 3.05) is 20.2 Å². The summed E-state index contributed by atoms with van der Waals surface area (Å²) in [5.74, 6) is 0. The van der Waals surface area contributed by atoms with E-state index < -0.39 is 6.09 Å². The fourth-order valence-corrected chi connectivity index (χ4v) is 2.52. The minimum absolute atomic E-state index is 0.375. The third-order valence-corrected chi connectivity index (χ3v) is 3.80. The van der Waals surface area contributed by atoms with Gasteiger partial charge in [-0.05, 0) is 43.9 Å². The van der Waals surface area contributed by atoms with E-state index in [4.69, 9.17) is 9.90 Å². The number of carbonyl (C=O) groups is 2. The van der Waals surface area contributed by atoms with Crippen LogP contribution < -0.4 is 5.32 Å². The molecule has 1 unspecified atom stereocenters. The van der Waals surface area contributed by atoms with E-state index in [1.165, 1.54) is 37.0 Å². The Bertz CT molecular complexity index is 487. The van der Waals surface area contributed by atoms with E-state index in [1.807, 2.05) is 18.2 Å². The smallest absolute Gasteiger partial charge is 0.407 e. The molecule has 1 saturated heterocycles. The van der Waals surface area contributed by atoms with Crippen LogP contribution in [0.15, 0.2) is 24.3 Å². The second kappa shape index (κ2) is 10.6. The SMILES string of the molecule is CC1CCCN1.COC=O.O=C(O)N1CCc2ccccc2C1. The normalized spacial score (nSPS) is 18.5. The number of benzene rings is 1. The molecule has 2 N–H and O–H groups in total. The molecule has 0 spiro atoms. The molecule has 1 amide bonds. The second-order valence-electron chi connectivity index (χ2n) is 5.55. The zero-order valence-corrected chi connectivity index (χ0v) is 13.8. The maximum atomic E-state index is 10.7. The Hall–Kier alpha value is -2.08. The van der Waals surface area contributed by atoms with E-state index >= 15 is 0 Å². The maximum absolute atomic E-state index is 10.7. The van der Waals surface area contributed by atoms with Crippen molar-refractivity contribution in [3.05, 3.63) is 35.4 Å². The summed E-state index contributed by atoms with van der Waals surface area (Å²) in [6, 6.07) is 8.79. The van der Waals surface area contributed by atoms with E-state index in [2.05, 4.69) is 23.0 Å². The summed E-state index contributed by atoms with van der Waals surface area (Å²) in [6.45, 7) is 4.99. The van der Waals surface area contributed by atoms with Crippen LogP contribution >= 0.6 is 0 Å². The van der Waals surface area contributed by atoms with Crippen LogP contribution in [-0.4, -0.2) is 48.8 Å². The Balaban J connectivity index is 0.000000220. The van der Waals surface area contributed by atoms with Gasteiger partial charge in [-0.2, -0.15) is 0 Å². The Morgan fingerprint density at radius 3 is 2.48 bits per heavy atom. The Morgan fingerprint density at radius 1 is 1.39 bits per heavy atom. The van der Waals surface area contributed by atoms with Crippen LogP contribution in [0.1, 0.15) is 30.9 Å². The van der Waals surface area contributed by atoms with Crippen LogP contribution in [0.25, 0.3) is 0 Å². The van der Waals surface area contributed by atoms with Crippen LogP contribution in [0.2, 0.25) is 0 Å². The summed E-state index contributed by atoms with van der Waals surface area (Å²) in [4.78, 5) is 21.1. The van der Waals surface area contributed by atoms with Crippen molar-refractivity contribution in [1.82, 2.24) is 10.2 Å². The molecule has 1 fully saturated rings. The highest BCUT2D eigenvalue weighted by Crippen LogP contribution is 2.17. The number of carbonyl (C=O) groups excluding carboxylic acids is 1. The molecule has 1 aromatic rings. The van der Waals surface area contributed by atoms with Gasteiger partial charge in [0.2, 0.25) is 0 Å². The summed E-state index contributed by atoms with van der Waals surface area (Å²) in [7, 11) is 1.31. The maximum Gasteiger partial charge on any atom is 0.407 e. The van der Waals surface area contributed by atoms with Gasteiger partial charge in [0.25, 0.3) is 6.47 Å². The third kappa shape index (κ3) is 7.15. The van der Waals surface area contributed by atoms with E-state index in [0.29, 0.717) is 19.6 Å². The minimum Gasteiger partial charge on any atom is -0.471 e. The number of methoxy groups -OCH3 is 1. The molecule has 0 aromatic heterocycles. The molecule has 2 aliphatic rings. The highest BCUT2D eigenvalue weighted by Gasteiger charge is 2.18. The highest BCUT2D eigenvalue weighted by atomic mass is 16.5. The van der Waals surface area contributed by atoms with Gasteiger partial charge in [0.05, 0.1) is 7.11 Å². The van der Waals surface area contributed by atoms with Crippen molar-refractivity contribution in [3.63, 3.8) is 0 Å². The molecule has 3 rings (SSSR count). The molecule has 2 aliphatic heterocycles. The van der Waals surface area contributed by atoms with Gasteiger partial charge < -0.3 is 20.1 Å². The second-order valence-corrected chi connectivity index (χ2v) is 5.55. The summed E-state index contributed by atoms with van der Waals surface area (Å²) in [5.41, 5.74) is 2.41. The van der Waals surface area contributed by atoms with Crippen LogP contribution in [0.5, 0.6) is 0 Å². The monoisotopic (exact) mass is 322 g/mol. The zero-order valence-electron chi connectivity index (χ0n) is 13.8. The van der Waals surface area contributed by atoms with E-state index in [-0.39, 0.29) is 0 Å². The van der Waals surface area contributed by atoms with Crippen LogP contribution in [0, 0.1) is 0 Å². The van der Waals surface area contributed by atoms with Crippen LogP contribution in [0.3, 0.4) is 0 Å². The van der Waals surface area contributed by atoms with Crippen LogP contribution in [-0.2, 0) is 22.5 Å². The van der Waals surface area contributed by atoms with E-state index in [9.17, 15) is 4.79 Å². The first-order valence-electron chi connectivity index (χ1n) is 7.83. The average Bonchev–Trinajstić information content (AvgIpc) is 3.06. The Labute approximate surface area is 137 Å². The van der Waals surface area contributed by atoms with E-state index in [1.54, 1.807) is 0 Å². The van der Waals surface area contributed by atoms with Gasteiger partial charge in [-0.15, -0.1) is 0 Å². The lowest BCUT2D eigenvalue weighted by Gasteiger charge is -2.26. The molecule has 6 nitrogen and oxygen atoms in total. The van der Waals surface area contributed by atoms with Gasteiger partial charge in [-0.25, -0.2) is 4.79 Å². The molecule has 23 heavy (non-hydrogen) atoms. The molecule has 2 heterocycles. The number of nitrogens with one attached hydrogen (secondary N) is 1. The first-order valence-corrected chi connectivity index (χ1v) is 7.83. The lowest BCUT2D eigenvalue weighted by Crippen LogP contribution is -2.34. The van der Waals surface area contributed by atoms with Gasteiger partial charge in [-0.1, -0.05) is 24.3 Å². The number of amides is 1. The van der Waals surface area contributed by atoms with Crippen molar-refractivity contribution in [3.8, 4) is 0 Å². The number of hydrogen-bond donors (Lipinski definition) is 2. The molecule has 0 bridgehead atoms. The average molecular weight is 322 g/mol. The zero-order chi connectivity index (χ0) is 17.1. The number of fused-ring (bicyclic) bond motifs is 1. The third-order valence-electron chi connectivity index (χ3n) is 3.80. The molecule has 0 saturated carbocycles. The molecule has 128 valence electrons. The quantitative estimate of drug-likeness (QED) is 0.776. The molecule has 0 radical (unpaired) electrons. The van der Waals surface area contributed by atoms with Crippen LogP contribution in [0.4, 0.5) is 4.79 Å². The lowest BCUT2D eigenvalue weighted by molar-refractivity contribution is -0.126. The molecule has 6 heteroatoms. The first-order chi connectivity index (χ1) is 11.1. The van der Waals surface area contributed by atoms with Gasteiger partial charge in [0, 0.05) is 19.1 Å². The van der Waals surface area contributed by atoms with Gasteiger partial charge in [0.15, 0.2) is 0 Å². The Kier molecular flexibility index (Phi) is 8.75. The van der Waals surface area contributed by atoms with Crippen molar-refractivity contribution in [2.45, 2.75) is 38.8 Å². The van der Waals surface area contributed by atoms with Crippen molar-refractivity contribution in [2.24, 2.45) is 0 Å². The largest absolute Gasteiger partial charge is 0.471 e. The molecular weight excluding hydrogens is 296 g/mol. The fraction of sp³-hybridized carbons (Fsp3) is 0.529. The van der Waals surface area contributed by atoms with Gasteiger partial charge >= 0.3 is 6.09 Å². The topological polar surface area (TPSA) is 78.9 Å².